The lowest BCUT2D eigenvalue weighted by Crippen LogP contribution is -2.26. The molecular formula is C14H14FN3O2. The first-order valence-electron chi connectivity index (χ1n) is 6.02. The van der Waals surface area contributed by atoms with Gasteiger partial charge in [0.05, 0.1) is 18.7 Å². The van der Waals surface area contributed by atoms with Crippen molar-refractivity contribution in [3.05, 3.63) is 53.6 Å². The summed E-state index contributed by atoms with van der Waals surface area (Å²) in [6.07, 6.45) is 2.77. The Bertz CT molecular complexity index is 584. The van der Waals surface area contributed by atoms with Crippen molar-refractivity contribution in [3.8, 4) is 6.01 Å². The van der Waals surface area contributed by atoms with Gasteiger partial charge in [0, 0.05) is 12.4 Å². The van der Waals surface area contributed by atoms with Gasteiger partial charge in [0.1, 0.15) is 5.82 Å². The highest BCUT2D eigenvalue weighted by Crippen LogP contribution is 2.13. The number of rotatable bonds is 4. The van der Waals surface area contributed by atoms with Crippen LogP contribution in [0.2, 0.25) is 0 Å². The summed E-state index contributed by atoms with van der Waals surface area (Å²) in [5.41, 5.74) is 1.15. The molecule has 1 heterocycles. The zero-order valence-electron chi connectivity index (χ0n) is 11.1. The van der Waals surface area contributed by atoms with Gasteiger partial charge in [-0.1, -0.05) is 12.1 Å². The average Bonchev–Trinajstić information content (AvgIpc) is 2.48. The molecule has 0 unspecified atom stereocenters. The summed E-state index contributed by atoms with van der Waals surface area (Å²) < 4.78 is 17.7. The summed E-state index contributed by atoms with van der Waals surface area (Å²) in [6, 6.07) is 5.93. The fourth-order valence-corrected chi connectivity index (χ4v) is 1.65. The number of halogens is 1. The third kappa shape index (κ3) is 3.28. The Kier molecular flexibility index (Phi) is 4.24. The van der Waals surface area contributed by atoms with Gasteiger partial charge in [-0.3, -0.25) is 4.79 Å². The lowest BCUT2D eigenvalue weighted by Gasteiger charge is -2.14. The van der Waals surface area contributed by atoms with Crippen LogP contribution in [0.3, 0.4) is 0 Å². The molecule has 0 saturated heterocycles. The van der Waals surface area contributed by atoms with Crippen LogP contribution in [0.4, 0.5) is 4.39 Å². The molecule has 1 N–H and O–H groups in total. The van der Waals surface area contributed by atoms with E-state index in [4.69, 9.17) is 4.74 Å². The maximum absolute atomic E-state index is 12.8. The zero-order chi connectivity index (χ0) is 14.5. The molecule has 0 fully saturated rings. The summed E-state index contributed by atoms with van der Waals surface area (Å²) in [4.78, 5) is 19.7. The predicted molar refractivity (Wildman–Crippen MR) is 70.9 cm³/mol. The first-order chi connectivity index (χ1) is 9.60. The SMILES string of the molecule is COc1ncc(C(=O)N[C@H](C)c2ccc(F)cc2)cn1. The van der Waals surface area contributed by atoms with Crippen LogP contribution in [0.5, 0.6) is 6.01 Å². The number of methoxy groups -OCH3 is 1. The fourth-order valence-electron chi connectivity index (χ4n) is 1.65. The highest BCUT2D eigenvalue weighted by molar-refractivity contribution is 5.93. The summed E-state index contributed by atoms with van der Waals surface area (Å²) >= 11 is 0. The van der Waals surface area contributed by atoms with Gasteiger partial charge in [-0.15, -0.1) is 0 Å². The number of hydrogen-bond donors (Lipinski definition) is 1. The standard InChI is InChI=1S/C14H14FN3O2/c1-9(10-3-5-12(15)6-4-10)18-13(19)11-7-16-14(20-2)17-8-11/h3-9H,1-2H3,(H,18,19)/t9-/m1/s1. The molecule has 0 bridgehead atoms. The van der Waals surface area contributed by atoms with Crippen LogP contribution in [-0.4, -0.2) is 23.0 Å². The number of carbonyl (C=O) groups excluding carboxylic acids is 1. The molecule has 1 aromatic heterocycles. The topological polar surface area (TPSA) is 64.1 Å². The van der Waals surface area contributed by atoms with Crippen molar-refractivity contribution in [1.29, 1.82) is 0 Å². The minimum absolute atomic E-state index is 0.202. The summed E-state index contributed by atoms with van der Waals surface area (Å²) in [5, 5.41) is 2.79. The van der Waals surface area contributed by atoms with Gasteiger partial charge in [-0.2, -0.15) is 0 Å². The quantitative estimate of drug-likeness (QED) is 0.928. The number of nitrogens with zero attached hydrogens (tertiary/aromatic N) is 2. The molecule has 0 aliphatic rings. The van der Waals surface area contributed by atoms with Crippen LogP contribution < -0.4 is 10.1 Å². The summed E-state index contributed by atoms with van der Waals surface area (Å²) in [7, 11) is 1.45. The van der Waals surface area contributed by atoms with Gasteiger partial charge in [-0.25, -0.2) is 14.4 Å². The molecule has 0 radical (unpaired) electrons. The number of hydrogen-bond acceptors (Lipinski definition) is 4. The normalized spacial score (nSPS) is 11.8. The van der Waals surface area contributed by atoms with E-state index in [-0.39, 0.29) is 23.8 Å². The van der Waals surface area contributed by atoms with E-state index >= 15 is 0 Å². The Labute approximate surface area is 115 Å². The number of aromatic nitrogens is 2. The largest absolute Gasteiger partial charge is 0.467 e. The first-order valence-corrected chi connectivity index (χ1v) is 6.02. The van der Waals surface area contributed by atoms with E-state index < -0.39 is 0 Å². The Hall–Kier alpha value is -2.50. The maximum Gasteiger partial charge on any atom is 0.316 e. The van der Waals surface area contributed by atoms with E-state index in [9.17, 15) is 9.18 Å². The van der Waals surface area contributed by atoms with Gasteiger partial charge in [0.15, 0.2) is 0 Å². The summed E-state index contributed by atoms with van der Waals surface area (Å²) in [6.45, 7) is 1.81. The average molecular weight is 275 g/mol. The third-order valence-corrected chi connectivity index (χ3v) is 2.79. The molecule has 104 valence electrons. The summed E-state index contributed by atoms with van der Waals surface area (Å²) in [5.74, 6) is -0.611. The molecule has 20 heavy (non-hydrogen) atoms. The molecule has 0 spiro atoms. The second kappa shape index (κ2) is 6.10. The lowest BCUT2D eigenvalue weighted by atomic mass is 10.1. The van der Waals surface area contributed by atoms with Crippen molar-refractivity contribution < 1.29 is 13.9 Å². The van der Waals surface area contributed by atoms with Gasteiger partial charge in [0.25, 0.3) is 5.91 Å². The molecule has 2 aromatic rings. The molecule has 1 amide bonds. The number of carbonyl (C=O) groups is 1. The van der Waals surface area contributed by atoms with Gasteiger partial charge in [0.2, 0.25) is 0 Å². The smallest absolute Gasteiger partial charge is 0.316 e. The number of amides is 1. The Morgan fingerprint density at radius 3 is 2.40 bits per heavy atom. The minimum Gasteiger partial charge on any atom is -0.467 e. The molecule has 0 aliphatic carbocycles. The van der Waals surface area contributed by atoms with Crippen molar-refractivity contribution in [2.24, 2.45) is 0 Å². The molecule has 1 aromatic carbocycles. The molecule has 5 nitrogen and oxygen atoms in total. The second-order valence-electron chi connectivity index (χ2n) is 4.21. The van der Waals surface area contributed by atoms with E-state index in [0.29, 0.717) is 5.56 Å². The van der Waals surface area contributed by atoms with Gasteiger partial charge in [-0.05, 0) is 24.6 Å². The van der Waals surface area contributed by atoms with Crippen molar-refractivity contribution in [2.75, 3.05) is 7.11 Å². The first kappa shape index (κ1) is 13.9. The monoisotopic (exact) mass is 275 g/mol. The predicted octanol–water partition coefficient (Wildman–Crippen LogP) is 2.12. The van der Waals surface area contributed by atoms with Crippen molar-refractivity contribution in [3.63, 3.8) is 0 Å². The fraction of sp³-hybridized carbons (Fsp3) is 0.214. The Balaban J connectivity index is 2.04. The second-order valence-corrected chi connectivity index (χ2v) is 4.21. The van der Waals surface area contributed by atoms with E-state index in [1.807, 2.05) is 6.92 Å². The molecule has 0 aliphatic heterocycles. The number of nitrogens with one attached hydrogen (secondary N) is 1. The highest BCUT2D eigenvalue weighted by atomic mass is 19.1. The lowest BCUT2D eigenvalue weighted by molar-refractivity contribution is 0.0939. The van der Waals surface area contributed by atoms with Crippen LogP contribution >= 0.6 is 0 Å². The van der Waals surface area contributed by atoms with Gasteiger partial charge >= 0.3 is 6.01 Å². The minimum atomic E-state index is -0.309. The van der Waals surface area contributed by atoms with E-state index in [0.717, 1.165) is 5.56 Å². The van der Waals surface area contributed by atoms with E-state index in [1.165, 1.54) is 31.6 Å². The zero-order valence-corrected chi connectivity index (χ0v) is 11.1. The van der Waals surface area contributed by atoms with Crippen LogP contribution in [0.25, 0.3) is 0 Å². The van der Waals surface area contributed by atoms with E-state index in [2.05, 4.69) is 15.3 Å². The van der Waals surface area contributed by atoms with Gasteiger partial charge < -0.3 is 10.1 Å². The Morgan fingerprint density at radius 2 is 1.85 bits per heavy atom. The van der Waals surface area contributed by atoms with Crippen molar-refractivity contribution in [1.82, 2.24) is 15.3 Å². The molecule has 2 rings (SSSR count). The maximum atomic E-state index is 12.8. The van der Waals surface area contributed by atoms with E-state index in [1.54, 1.807) is 12.1 Å². The molecular weight excluding hydrogens is 261 g/mol. The molecule has 0 saturated carbocycles. The third-order valence-electron chi connectivity index (χ3n) is 2.79. The van der Waals surface area contributed by atoms with Crippen LogP contribution in [0.1, 0.15) is 28.9 Å². The van der Waals surface area contributed by atoms with Crippen LogP contribution in [0.15, 0.2) is 36.7 Å². The van der Waals surface area contributed by atoms with Crippen LogP contribution in [-0.2, 0) is 0 Å². The molecule has 6 heteroatoms. The Morgan fingerprint density at radius 1 is 1.25 bits per heavy atom. The van der Waals surface area contributed by atoms with Crippen molar-refractivity contribution >= 4 is 5.91 Å². The van der Waals surface area contributed by atoms with Crippen molar-refractivity contribution in [2.45, 2.75) is 13.0 Å². The number of benzene rings is 1. The number of ether oxygens (including phenoxy) is 1. The highest BCUT2D eigenvalue weighted by Gasteiger charge is 2.12. The molecule has 1 atom stereocenters. The van der Waals surface area contributed by atoms with Crippen LogP contribution in [0, 0.1) is 5.82 Å².